The second-order valence-electron chi connectivity index (χ2n) is 18.3. The summed E-state index contributed by atoms with van der Waals surface area (Å²) in [7, 11) is 5.23. The van der Waals surface area contributed by atoms with Gasteiger partial charge in [0.05, 0.1) is 42.1 Å². The molecule has 18 nitrogen and oxygen atoms in total. The molecule has 3 saturated heterocycles. The molecule has 4 unspecified atom stereocenters. The molecule has 6 rings (SSSR count). The van der Waals surface area contributed by atoms with Crippen molar-refractivity contribution >= 4 is 34.7 Å². The van der Waals surface area contributed by atoms with Crippen LogP contribution in [0.4, 0.5) is 4.79 Å². The number of cyclic esters (lactones) is 1. The number of ether oxygens (including phenoxy) is 5. The number of hydrogen-bond donors (Lipinski definition) is 1. The topological polar surface area (TPSA) is 203 Å². The molecule has 0 spiro atoms. The number of para-hydroxylation sites is 1. The van der Waals surface area contributed by atoms with Crippen LogP contribution >= 0.6 is 0 Å². The third-order valence-electron chi connectivity index (χ3n) is 13.5. The molecule has 1 aromatic carbocycles. The Bertz CT molecular complexity index is 2060. The third-order valence-corrected chi connectivity index (χ3v) is 13.5. The predicted octanol–water partition coefficient (Wildman–Crippen LogP) is 4.06. The summed E-state index contributed by atoms with van der Waals surface area (Å²) in [4.78, 5) is 60.5. The zero-order valence-corrected chi connectivity index (χ0v) is 38.1. The monoisotopic (exact) mass is 866 g/mol. The first kappa shape index (κ1) is 47.1. The standard InChI is InChI=1S/C44H66N8O10/c1-12-34-44(8)38(51(42(57)62-44)20-16-15-19-50-23-30(45-47-50)24-52-32-18-14-13-17-31(32)46-48-52)27(4)35(53)25(2)22-43(7,58-11)39(28(5)36(54)29(6)40(56)60-34)61-41-37(55)33(49(9)10)21-26(3)59-41/h13-14,17-18,23,25-29,33-34,37-39,41,55H,12,15-16,19-22,24H2,1-11H3/t25-,26?,27+,28+,29-,33?,34-,37?,38-,39-,41?,43+,44-/m1/s1. The molecule has 2 aromatic heterocycles. The molecule has 0 saturated carbocycles. The number of esters is 1. The SMILES string of the molecule is CC[C@H]1OC(=O)[C@H](C)C(=O)[C@H](C)[C@@H](OC2OC(C)CC(N(C)C)C2O)[C@@](C)(OC)C[C@@H](C)C(=O)[C@H](C)[C@H]2N(CCCCn3cc(Cn4nnc5ccccc54)nn3)C(=O)O[C@]12C. The number of aliphatic hydroxyl groups is 1. The van der Waals surface area contributed by atoms with Crippen LogP contribution in [0.25, 0.3) is 11.0 Å². The van der Waals surface area contributed by atoms with Crippen molar-refractivity contribution in [3.05, 3.63) is 36.2 Å². The number of carbonyl (C=O) groups excluding carboxylic acids is 4. The summed E-state index contributed by atoms with van der Waals surface area (Å²) in [5, 5.41) is 28.5. The van der Waals surface area contributed by atoms with Gasteiger partial charge in [-0.05, 0) is 86.0 Å². The summed E-state index contributed by atoms with van der Waals surface area (Å²) in [6.07, 6.45) is -1.13. The number of ketones is 2. The summed E-state index contributed by atoms with van der Waals surface area (Å²) in [5.41, 5.74) is -0.291. The van der Waals surface area contributed by atoms with E-state index in [1.165, 1.54) is 14.0 Å². The largest absolute Gasteiger partial charge is 0.458 e. The van der Waals surface area contributed by atoms with Gasteiger partial charge in [0.25, 0.3) is 0 Å². The molecule has 3 aliphatic heterocycles. The number of carbonyl (C=O) groups is 4. The van der Waals surface area contributed by atoms with Gasteiger partial charge in [0.15, 0.2) is 17.7 Å². The van der Waals surface area contributed by atoms with Crippen molar-refractivity contribution in [2.24, 2.45) is 23.7 Å². The zero-order valence-electron chi connectivity index (χ0n) is 38.1. The van der Waals surface area contributed by atoms with Gasteiger partial charge in [-0.25, -0.2) is 9.48 Å². The highest BCUT2D eigenvalue weighted by atomic mass is 16.7. The van der Waals surface area contributed by atoms with Crippen molar-refractivity contribution in [3.63, 3.8) is 0 Å². The van der Waals surface area contributed by atoms with Crippen LogP contribution in [0.5, 0.6) is 0 Å². The van der Waals surface area contributed by atoms with Crippen molar-refractivity contribution in [2.45, 2.75) is 155 Å². The number of unbranched alkanes of at least 4 members (excludes halogenated alkanes) is 1. The third kappa shape index (κ3) is 9.44. The molecule has 13 atom stereocenters. The zero-order chi connectivity index (χ0) is 45.3. The van der Waals surface area contributed by atoms with E-state index in [4.69, 9.17) is 23.7 Å². The Kier molecular flexibility index (Phi) is 14.6. The highest BCUT2D eigenvalue weighted by Gasteiger charge is 2.60. The lowest BCUT2D eigenvalue weighted by atomic mass is 9.73. The van der Waals surface area contributed by atoms with E-state index in [2.05, 4.69) is 20.6 Å². The summed E-state index contributed by atoms with van der Waals surface area (Å²) < 4.78 is 34.8. The Morgan fingerprint density at radius 3 is 2.35 bits per heavy atom. The average molecular weight is 867 g/mol. The number of rotatable bonds is 12. The smallest absolute Gasteiger partial charge is 0.410 e. The van der Waals surface area contributed by atoms with E-state index in [1.54, 1.807) is 48.9 Å². The van der Waals surface area contributed by atoms with Crippen molar-refractivity contribution in [3.8, 4) is 0 Å². The minimum Gasteiger partial charge on any atom is -0.458 e. The molecule has 3 aromatic rings. The molecule has 0 aliphatic carbocycles. The van der Waals surface area contributed by atoms with E-state index in [1.807, 2.05) is 63.3 Å². The van der Waals surface area contributed by atoms with Gasteiger partial charge < -0.3 is 38.6 Å². The van der Waals surface area contributed by atoms with Crippen LogP contribution in [-0.2, 0) is 51.2 Å². The van der Waals surface area contributed by atoms with E-state index >= 15 is 0 Å². The number of fused-ring (bicyclic) bond motifs is 2. The van der Waals surface area contributed by atoms with Crippen LogP contribution in [-0.4, -0.2) is 150 Å². The summed E-state index contributed by atoms with van der Waals surface area (Å²) in [5.74, 6) is -5.05. The van der Waals surface area contributed by atoms with Gasteiger partial charge in [-0.3, -0.25) is 19.1 Å². The molecule has 1 N–H and O–H groups in total. The fourth-order valence-electron chi connectivity index (χ4n) is 9.97. The molecule has 1 amide bonds. The van der Waals surface area contributed by atoms with E-state index in [9.17, 15) is 24.3 Å². The van der Waals surface area contributed by atoms with Gasteiger partial charge in [0.2, 0.25) is 0 Å². The van der Waals surface area contributed by atoms with Crippen molar-refractivity contribution < 1.29 is 48.0 Å². The van der Waals surface area contributed by atoms with Gasteiger partial charge in [-0.2, -0.15) is 0 Å². The Balaban J connectivity index is 1.23. The number of aryl methyl sites for hydroxylation is 1. The van der Waals surface area contributed by atoms with Crippen LogP contribution in [0.1, 0.15) is 93.2 Å². The molecule has 342 valence electrons. The summed E-state index contributed by atoms with van der Waals surface area (Å²) in [6, 6.07) is 6.59. The number of aliphatic hydroxyl groups excluding tert-OH is 1. The van der Waals surface area contributed by atoms with Gasteiger partial charge in [-0.1, -0.05) is 50.3 Å². The van der Waals surface area contributed by atoms with E-state index in [0.29, 0.717) is 32.4 Å². The van der Waals surface area contributed by atoms with Crippen molar-refractivity contribution in [1.82, 2.24) is 39.8 Å². The molecule has 3 aliphatic rings. The van der Waals surface area contributed by atoms with Crippen LogP contribution in [0, 0.1) is 23.7 Å². The fraction of sp³-hybridized carbons (Fsp3) is 0.727. The predicted molar refractivity (Wildman–Crippen MR) is 225 cm³/mol. The number of hydrogen-bond acceptors (Lipinski definition) is 15. The number of likely N-dealkylation sites (N-methyl/N-ethyl adjacent to an activating group) is 1. The quantitative estimate of drug-likeness (QED) is 0.155. The lowest BCUT2D eigenvalue weighted by molar-refractivity contribution is -0.295. The molecule has 3 fully saturated rings. The Labute approximate surface area is 363 Å². The maximum atomic E-state index is 14.8. The fourth-order valence-corrected chi connectivity index (χ4v) is 9.97. The average Bonchev–Trinajstić information content (AvgIpc) is 3.94. The maximum absolute atomic E-state index is 14.8. The Morgan fingerprint density at radius 2 is 1.66 bits per heavy atom. The Hall–Kier alpha value is -4.36. The molecule has 0 bridgehead atoms. The van der Waals surface area contributed by atoms with Gasteiger partial charge in [-0.15, -0.1) is 10.2 Å². The molecular formula is C44H66N8O10. The first-order valence-electron chi connectivity index (χ1n) is 22.0. The van der Waals surface area contributed by atoms with Crippen LogP contribution in [0.3, 0.4) is 0 Å². The lowest BCUT2D eigenvalue weighted by Gasteiger charge is -2.47. The minimum absolute atomic E-state index is 0.117. The molecule has 62 heavy (non-hydrogen) atoms. The first-order valence-corrected chi connectivity index (χ1v) is 22.0. The van der Waals surface area contributed by atoms with Crippen LogP contribution < -0.4 is 0 Å². The first-order chi connectivity index (χ1) is 29.3. The molecular weight excluding hydrogens is 801 g/mol. The number of nitrogens with zero attached hydrogens (tertiary/aromatic N) is 8. The Morgan fingerprint density at radius 1 is 0.952 bits per heavy atom. The van der Waals surface area contributed by atoms with E-state index < -0.39 is 83.4 Å². The lowest BCUT2D eigenvalue weighted by Crippen LogP contribution is -2.60. The molecule has 18 heteroatoms. The normalized spacial score (nSPS) is 35.2. The number of benzene rings is 1. The number of Topliss-reactive ketones (excluding diaryl/α,β-unsaturated/α-hetero) is 2. The molecule has 5 heterocycles. The van der Waals surface area contributed by atoms with Crippen LogP contribution in [0.2, 0.25) is 0 Å². The van der Waals surface area contributed by atoms with Gasteiger partial charge in [0.1, 0.15) is 35.1 Å². The van der Waals surface area contributed by atoms with Gasteiger partial charge >= 0.3 is 12.1 Å². The summed E-state index contributed by atoms with van der Waals surface area (Å²) in [6.45, 7) is 15.1. The minimum atomic E-state index is -1.43. The van der Waals surface area contributed by atoms with Crippen LogP contribution in [0.15, 0.2) is 30.5 Å². The van der Waals surface area contributed by atoms with Crippen molar-refractivity contribution in [2.75, 3.05) is 27.7 Å². The van der Waals surface area contributed by atoms with Gasteiger partial charge in [0, 0.05) is 44.0 Å². The van der Waals surface area contributed by atoms with E-state index in [-0.39, 0.29) is 37.3 Å². The summed E-state index contributed by atoms with van der Waals surface area (Å²) >= 11 is 0. The second-order valence-corrected chi connectivity index (χ2v) is 18.3. The van der Waals surface area contributed by atoms with E-state index in [0.717, 1.165) is 16.7 Å². The second kappa shape index (κ2) is 19.2. The number of amides is 1. The van der Waals surface area contributed by atoms with Crippen molar-refractivity contribution in [1.29, 1.82) is 0 Å². The highest BCUT2D eigenvalue weighted by molar-refractivity contribution is 6.00. The maximum Gasteiger partial charge on any atom is 0.410 e. The number of methoxy groups -OCH3 is 1. The number of aromatic nitrogens is 6. The molecule has 0 radical (unpaired) electrons. The highest BCUT2D eigenvalue weighted by Crippen LogP contribution is 2.43.